The predicted octanol–water partition coefficient (Wildman–Crippen LogP) is 3.36. The summed E-state index contributed by atoms with van der Waals surface area (Å²) in [4.78, 5) is 12.6. The number of Topliss-reactive ketones (excluding diaryl/α,β-unsaturated/α-hetero) is 1. The van der Waals surface area contributed by atoms with E-state index in [1.54, 1.807) is 0 Å². The lowest BCUT2D eigenvalue weighted by atomic mass is 9.98. The first-order valence-corrected chi connectivity index (χ1v) is 6.76. The number of para-hydroxylation sites is 2. The van der Waals surface area contributed by atoms with E-state index in [0.717, 1.165) is 28.1 Å². The van der Waals surface area contributed by atoms with Gasteiger partial charge in [0.15, 0.2) is 6.10 Å². The van der Waals surface area contributed by atoms with E-state index in [9.17, 15) is 4.79 Å². The maximum Gasteiger partial charge on any atom is 0.205 e. The van der Waals surface area contributed by atoms with E-state index in [-0.39, 0.29) is 5.78 Å². The van der Waals surface area contributed by atoms with Crippen LogP contribution >= 0.6 is 0 Å². The fourth-order valence-corrected chi connectivity index (χ4v) is 2.52. The molecule has 1 aliphatic rings. The smallest absolute Gasteiger partial charge is 0.205 e. The van der Waals surface area contributed by atoms with Crippen LogP contribution in [0.3, 0.4) is 0 Å². The zero-order valence-electron chi connectivity index (χ0n) is 11.6. The van der Waals surface area contributed by atoms with Crippen molar-refractivity contribution in [3.63, 3.8) is 0 Å². The second kappa shape index (κ2) is 5.00. The number of anilines is 1. The summed E-state index contributed by atoms with van der Waals surface area (Å²) < 4.78 is 5.82. The van der Waals surface area contributed by atoms with Crippen LogP contribution in [0.1, 0.15) is 21.5 Å². The van der Waals surface area contributed by atoms with Crippen molar-refractivity contribution in [2.75, 3.05) is 11.9 Å². The molecule has 3 heteroatoms. The Morgan fingerprint density at radius 2 is 2.00 bits per heavy atom. The minimum atomic E-state index is -0.466. The molecule has 1 N–H and O–H groups in total. The Labute approximate surface area is 118 Å². The van der Waals surface area contributed by atoms with Crippen LogP contribution in [0, 0.1) is 13.8 Å². The van der Waals surface area contributed by atoms with Gasteiger partial charge in [0.1, 0.15) is 5.75 Å². The summed E-state index contributed by atoms with van der Waals surface area (Å²) in [6.07, 6.45) is -0.466. The molecule has 0 radical (unpaired) electrons. The third kappa shape index (κ3) is 2.27. The van der Waals surface area contributed by atoms with E-state index in [1.165, 1.54) is 0 Å². The number of ketones is 1. The minimum absolute atomic E-state index is 0.0319. The molecular formula is C17H17NO2. The summed E-state index contributed by atoms with van der Waals surface area (Å²) >= 11 is 0. The number of hydrogen-bond acceptors (Lipinski definition) is 3. The summed E-state index contributed by atoms with van der Waals surface area (Å²) in [5, 5.41) is 3.25. The molecule has 0 fully saturated rings. The molecule has 102 valence electrons. The molecule has 1 aliphatic heterocycles. The normalized spacial score (nSPS) is 16.8. The van der Waals surface area contributed by atoms with Gasteiger partial charge in [0, 0.05) is 5.56 Å². The average Bonchev–Trinajstić information content (AvgIpc) is 2.46. The molecule has 20 heavy (non-hydrogen) atoms. The Balaban J connectivity index is 1.86. The molecule has 0 saturated heterocycles. The Bertz CT molecular complexity index is 664. The van der Waals surface area contributed by atoms with Crippen molar-refractivity contribution in [1.29, 1.82) is 0 Å². The molecule has 0 aliphatic carbocycles. The summed E-state index contributed by atoms with van der Waals surface area (Å²) in [7, 11) is 0. The van der Waals surface area contributed by atoms with Crippen LogP contribution in [-0.2, 0) is 0 Å². The van der Waals surface area contributed by atoms with Crippen molar-refractivity contribution < 1.29 is 9.53 Å². The molecule has 3 nitrogen and oxygen atoms in total. The second-order valence-corrected chi connectivity index (χ2v) is 5.17. The van der Waals surface area contributed by atoms with Crippen molar-refractivity contribution in [3.8, 4) is 5.75 Å². The number of ether oxygens (including phenoxy) is 1. The maximum atomic E-state index is 12.6. The van der Waals surface area contributed by atoms with Crippen LogP contribution in [0.25, 0.3) is 0 Å². The molecule has 2 aromatic carbocycles. The largest absolute Gasteiger partial charge is 0.478 e. The highest BCUT2D eigenvalue weighted by Crippen LogP contribution is 2.29. The lowest BCUT2D eigenvalue weighted by molar-refractivity contribution is 0.0801. The number of carbonyl (C=O) groups excluding carboxylic acids is 1. The van der Waals surface area contributed by atoms with E-state index < -0.39 is 6.10 Å². The number of carbonyl (C=O) groups is 1. The first kappa shape index (κ1) is 12.7. The first-order valence-electron chi connectivity index (χ1n) is 6.76. The number of aryl methyl sites for hydroxylation is 2. The monoisotopic (exact) mass is 267 g/mol. The Hall–Kier alpha value is -2.29. The SMILES string of the molecule is Cc1ccc(C(=O)C2CNc3ccccc3O2)c(C)c1. The van der Waals surface area contributed by atoms with Gasteiger partial charge in [-0.15, -0.1) is 0 Å². The van der Waals surface area contributed by atoms with Gasteiger partial charge in [0.05, 0.1) is 12.2 Å². The van der Waals surface area contributed by atoms with Crippen molar-refractivity contribution in [2.24, 2.45) is 0 Å². The third-order valence-electron chi connectivity index (χ3n) is 3.57. The van der Waals surface area contributed by atoms with E-state index in [2.05, 4.69) is 5.32 Å². The molecular weight excluding hydrogens is 250 g/mol. The van der Waals surface area contributed by atoms with Crippen LogP contribution in [0.2, 0.25) is 0 Å². The van der Waals surface area contributed by atoms with Crippen LogP contribution in [-0.4, -0.2) is 18.4 Å². The Morgan fingerprint density at radius 3 is 2.80 bits per heavy atom. The first-order chi connectivity index (χ1) is 9.65. The van der Waals surface area contributed by atoms with Crippen LogP contribution < -0.4 is 10.1 Å². The van der Waals surface area contributed by atoms with Gasteiger partial charge in [0.2, 0.25) is 5.78 Å². The summed E-state index contributed by atoms with van der Waals surface area (Å²) in [5.74, 6) is 0.770. The van der Waals surface area contributed by atoms with Gasteiger partial charge >= 0.3 is 0 Å². The van der Waals surface area contributed by atoms with E-state index in [4.69, 9.17) is 4.74 Å². The fraction of sp³-hybridized carbons (Fsp3) is 0.235. The molecule has 1 unspecified atom stereocenters. The number of benzene rings is 2. The quantitative estimate of drug-likeness (QED) is 0.848. The lowest BCUT2D eigenvalue weighted by Crippen LogP contribution is -2.38. The number of rotatable bonds is 2. The highest BCUT2D eigenvalue weighted by atomic mass is 16.5. The molecule has 3 rings (SSSR count). The summed E-state index contributed by atoms with van der Waals surface area (Å²) in [5.41, 5.74) is 3.84. The molecule has 0 bridgehead atoms. The molecule has 1 atom stereocenters. The second-order valence-electron chi connectivity index (χ2n) is 5.17. The van der Waals surface area contributed by atoms with Gasteiger partial charge in [-0.25, -0.2) is 0 Å². The molecule has 1 heterocycles. The van der Waals surface area contributed by atoms with E-state index in [1.807, 2.05) is 56.3 Å². The standard InChI is InChI=1S/C17H17NO2/c1-11-7-8-13(12(2)9-11)17(19)16-10-18-14-5-3-4-6-15(14)20-16/h3-9,16,18H,10H2,1-2H3. The topological polar surface area (TPSA) is 38.3 Å². The zero-order valence-corrected chi connectivity index (χ0v) is 11.6. The highest BCUT2D eigenvalue weighted by Gasteiger charge is 2.27. The van der Waals surface area contributed by atoms with Gasteiger partial charge in [-0.3, -0.25) is 4.79 Å². The van der Waals surface area contributed by atoms with Gasteiger partial charge < -0.3 is 10.1 Å². The van der Waals surface area contributed by atoms with Crippen molar-refractivity contribution in [1.82, 2.24) is 0 Å². The van der Waals surface area contributed by atoms with Gasteiger partial charge in [-0.1, -0.05) is 35.9 Å². The highest BCUT2D eigenvalue weighted by molar-refractivity contribution is 6.01. The van der Waals surface area contributed by atoms with Crippen molar-refractivity contribution in [3.05, 3.63) is 59.2 Å². The van der Waals surface area contributed by atoms with Crippen LogP contribution in [0.5, 0.6) is 5.75 Å². The summed E-state index contributed by atoms with van der Waals surface area (Å²) in [6.45, 7) is 4.49. The maximum absolute atomic E-state index is 12.6. The summed E-state index contributed by atoms with van der Waals surface area (Å²) in [6, 6.07) is 13.6. The van der Waals surface area contributed by atoms with Crippen LogP contribution in [0.15, 0.2) is 42.5 Å². The number of hydrogen-bond donors (Lipinski definition) is 1. The zero-order chi connectivity index (χ0) is 14.1. The molecule has 0 saturated carbocycles. The fourth-order valence-electron chi connectivity index (χ4n) is 2.52. The van der Waals surface area contributed by atoms with Gasteiger partial charge in [0.25, 0.3) is 0 Å². The molecule has 0 spiro atoms. The van der Waals surface area contributed by atoms with Crippen LogP contribution in [0.4, 0.5) is 5.69 Å². The van der Waals surface area contributed by atoms with Gasteiger partial charge in [-0.2, -0.15) is 0 Å². The van der Waals surface area contributed by atoms with Crippen molar-refractivity contribution >= 4 is 11.5 Å². The average molecular weight is 267 g/mol. The van der Waals surface area contributed by atoms with E-state index in [0.29, 0.717) is 6.54 Å². The number of fused-ring (bicyclic) bond motifs is 1. The van der Waals surface area contributed by atoms with Gasteiger partial charge in [-0.05, 0) is 31.5 Å². The number of nitrogens with one attached hydrogen (secondary N) is 1. The molecule has 0 aromatic heterocycles. The predicted molar refractivity (Wildman–Crippen MR) is 79.6 cm³/mol. The molecule has 2 aromatic rings. The van der Waals surface area contributed by atoms with Crippen molar-refractivity contribution in [2.45, 2.75) is 20.0 Å². The van der Waals surface area contributed by atoms with E-state index >= 15 is 0 Å². The molecule has 0 amide bonds. The third-order valence-corrected chi connectivity index (χ3v) is 3.57. The Kier molecular flexibility index (Phi) is 3.18. The Morgan fingerprint density at radius 1 is 1.20 bits per heavy atom. The lowest BCUT2D eigenvalue weighted by Gasteiger charge is -2.26. The minimum Gasteiger partial charge on any atom is -0.478 e.